The van der Waals surface area contributed by atoms with Gasteiger partial charge in [-0.1, -0.05) is 0 Å². The van der Waals surface area contributed by atoms with E-state index in [1.165, 1.54) is 0 Å². The lowest BCUT2D eigenvalue weighted by molar-refractivity contribution is 0.273. The zero-order chi connectivity index (χ0) is 12.8. The average Bonchev–Trinajstić information content (AvgIpc) is 2.93. The molecule has 0 aliphatic carbocycles. The Bertz CT molecular complexity index is 450. The molecule has 1 aromatic heterocycles. The molecule has 0 bridgehead atoms. The molecule has 96 valence electrons. The second-order valence-corrected chi connectivity index (χ2v) is 3.95. The van der Waals surface area contributed by atoms with E-state index in [1.807, 2.05) is 36.4 Å². The van der Waals surface area contributed by atoms with Gasteiger partial charge in [0, 0.05) is 12.3 Å². The van der Waals surface area contributed by atoms with E-state index in [0.29, 0.717) is 6.42 Å². The van der Waals surface area contributed by atoms with E-state index < -0.39 is 0 Å². The van der Waals surface area contributed by atoms with Gasteiger partial charge in [0.1, 0.15) is 11.5 Å². The largest absolute Gasteiger partial charge is 0.497 e. The van der Waals surface area contributed by atoms with E-state index in [9.17, 15) is 0 Å². The fraction of sp³-hybridized carbons (Fsp3) is 0.286. The number of aliphatic hydroxyl groups is 1. The molecule has 0 aliphatic rings. The molecular weight excluding hydrogens is 230 g/mol. The molecule has 1 unspecified atom stereocenters. The Hall–Kier alpha value is -1.94. The van der Waals surface area contributed by atoms with Gasteiger partial charge in [-0.05, 0) is 42.8 Å². The first-order chi connectivity index (χ1) is 8.83. The SMILES string of the molecule is COc1ccc(NC(CCO)c2ccco2)cc1. The Labute approximate surface area is 106 Å². The highest BCUT2D eigenvalue weighted by molar-refractivity contribution is 5.47. The van der Waals surface area contributed by atoms with E-state index in [1.54, 1.807) is 13.4 Å². The van der Waals surface area contributed by atoms with Crippen molar-refractivity contribution < 1.29 is 14.3 Å². The van der Waals surface area contributed by atoms with Crippen LogP contribution in [0.5, 0.6) is 5.75 Å². The second kappa shape index (κ2) is 6.12. The zero-order valence-electron chi connectivity index (χ0n) is 10.3. The molecule has 4 nitrogen and oxygen atoms in total. The molecule has 0 spiro atoms. The van der Waals surface area contributed by atoms with Crippen LogP contribution in [-0.4, -0.2) is 18.8 Å². The van der Waals surface area contributed by atoms with Crippen molar-refractivity contribution in [1.29, 1.82) is 0 Å². The number of benzene rings is 1. The summed E-state index contributed by atoms with van der Waals surface area (Å²) in [5, 5.41) is 12.4. The Kier molecular flexibility index (Phi) is 4.25. The fourth-order valence-electron chi connectivity index (χ4n) is 1.79. The van der Waals surface area contributed by atoms with Gasteiger partial charge in [0.2, 0.25) is 0 Å². The number of anilines is 1. The molecule has 0 radical (unpaired) electrons. The average molecular weight is 247 g/mol. The molecule has 1 heterocycles. The molecule has 0 saturated heterocycles. The van der Waals surface area contributed by atoms with Crippen LogP contribution in [0.15, 0.2) is 47.1 Å². The Balaban J connectivity index is 2.08. The molecule has 18 heavy (non-hydrogen) atoms. The minimum Gasteiger partial charge on any atom is -0.497 e. The van der Waals surface area contributed by atoms with Crippen LogP contribution in [0.4, 0.5) is 5.69 Å². The summed E-state index contributed by atoms with van der Waals surface area (Å²) in [4.78, 5) is 0. The maximum absolute atomic E-state index is 9.09. The number of hydrogen-bond donors (Lipinski definition) is 2. The lowest BCUT2D eigenvalue weighted by atomic mass is 10.1. The first-order valence-corrected chi connectivity index (χ1v) is 5.88. The molecular formula is C14H17NO3. The highest BCUT2D eigenvalue weighted by Gasteiger charge is 2.13. The summed E-state index contributed by atoms with van der Waals surface area (Å²) in [5.41, 5.74) is 0.964. The van der Waals surface area contributed by atoms with E-state index in [-0.39, 0.29) is 12.6 Å². The molecule has 0 amide bonds. The van der Waals surface area contributed by atoms with E-state index >= 15 is 0 Å². The topological polar surface area (TPSA) is 54.6 Å². The van der Waals surface area contributed by atoms with Crippen molar-refractivity contribution in [1.82, 2.24) is 0 Å². The molecule has 0 aliphatic heterocycles. The normalized spacial score (nSPS) is 12.1. The number of nitrogens with one attached hydrogen (secondary N) is 1. The Morgan fingerprint density at radius 1 is 1.28 bits per heavy atom. The zero-order valence-corrected chi connectivity index (χ0v) is 10.3. The van der Waals surface area contributed by atoms with E-state index in [0.717, 1.165) is 17.2 Å². The van der Waals surface area contributed by atoms with Crippen LogP contribution in [-0.2, 0) is 0 Å². The molecule has 0 saturated carbocycles. The standard InChI is InChI=1S/C14H17NO3/c1-17-12-6-4-11(5-7-12)15-13(8-9-16)14-3-2-10-18-14/h2-7,10,13,15-16H,8-9H2,1H3. The number of rotatable bonds is 6. The number of ether oxygens (including phenoxy) is 1. The number of hydrogen-bond acceptors (Lipinski definition) is 4. The fourth-order valence-corrected chi connectivity index (χ4v) is 1.79. The minimum absolute atomic E-state index is 0.0293. The van der Waals surface area contributed by atoms with Gasteiger partial charge < -0.3 is 19.6 Å². The summed E-state index contributed by atoms with van der Waals surface area (Å²) in [6.07, 6.45) is 2.23. The predicted octanol–water partition coefficient (Wildman–Crippen LogP) is 2.82. The van der Waals surface area contributed by atoms with Crippen molar-refractivity contribution in [3.8, 4) is 5.75 Å². The summed E-state index contributed by atoms with van der Waals surface area (Å²) in [6.45, 7) is 0.106. The third kappa shape index (κ3) is 3.05. The first kappa shape index (κ1) is 12.5. The summed E-state index contributed by atoms with van der Waals surface area (Å²) in [5.74, 6) is 1.64. The predicted molar refractivity (Wildman–Crippen MR) is 69.8 cm³/mol. The van der Waals surface area contributed by atoms with Gasteiger partial charge in [0.15, 0.2) is 0 Å². The summed E-state index contributed by atoms with van der Waals surface area (Å²) in [7, 11) is 1.64. The summed E-state index contributed by atoms with van der Waals surface area (Å²) in [6, 6.07) is 11.4. The Morgan fingerprint density at radius 2 is 2.06 bits per heavy atom. The highest BCUT2D eigenvalue weighted by Crippen LogP contribution is 2.24. The number of aliphatic hydroxyl groups excluding tert-OH is 1. The maximum Gasteiger partial charge on any atom is 0.126 e. The van der Waals surface area contributed by atoms with Gasteiger partial charge in [0.05, 0.1) is 19.4 Å². The molecule has 2 rings (SSSR count). The van der Waals surface area contributed by atoms with Crippen molar-refractivity contribution in [2.75, 3.05) is 19.0 Å². The molecule has 0 fully saturated rings. The monoisotopic (exact) mass is 247 g/mol. The van der Waals surface area contributed by atoms with Crippen LogP contribution in [0.1, 0.15) is 18.2 Å². The maximum atomic E-state index is 9.09. The first-order valence-electron chi connectivity index (χ1n) is 5.88. The van der Waals surface area contributed by atoms with Crippen LogP contribution >= 0.6 is 0 Å². The van der Waals surface area contributed by atoms with Gasteiger partial charge >= 0.3 is 0 Å². The third-order valence-corrected chi connectivity index (χ3v) is 2.74. The second-order valence-electron chi connectivity index (χ2n) is 3.95. The van der Waals surface area contributed by atoms with Crippen molar-refractivity contribution in [3.63, 3.8) is 0 Å². The van der Waals surface area contributed by atoms with Crippen LogP contribution in [0.3, 0.4) is 0 Å². The van der Waals surface area contributed by atoms with E-state index in [4.69, 9.17) is 14.3 Å². The van der Waals surface area contributed by atoms with Gasteiger partial charge in [0.25, 0.3) is 0 Å². The number of methoxy groups -OCH3 is 1. The highest BCUT2D eigenvalue weighted by atomic mass is 16.5. The summed E-state index contributed by atoms with van der Waals surface area (Å²) < 4.78 is 10.5. The Morgan fingerprint density at radius 3 is 2.61 bits per heavy atom. The van der Waals surface area contributed by atoms with Crippen molar-refractivity contribution in [2.24, 2.45) is 0 Å². The van der Waals surface area contributed by atoms with Crippen LogP contribution in [0.2, 0.25) is 0 Å². The molecule has 2 N–H and O–H groups in total. The van der Waals surface area contributed by atoms with Crippen LogP contribution < -0.4 is 10.1 Å². The summed E-state index contributed by atoms with van der Waals surface area (Å²) >= 11 is 0. The lowest BCUT2D eigenvalue weighted by Gasteiger charge is -2.17. The van der Waals surface area contributed by atoms with Gasteiger partial charge in [-0.25, -0.2) is 0 Å². The van der Waals surface area contributed by atoms with E-state index in [2.05, 4.69) is 5.32 Å². The van der Waals surface area contributed by atoms with Crippen LogP contribution in [0.25, 0.3) is 0 Å². The van der Waals surface area contributed by atoms with Gasteiger partial charge in [-0.3, -0.25) is 0 Å². The minimum atomic E-state index is -0.0293. The third-order valence-electron chi connectivity index (χ3n) is 2.74. The van der Waals surface area contributed by atoms with Crippen molar-refractivity contribution >= 4 is 5.69 Å². The van der Waals surface area contributed by atoms with Gasteiger partial charge in [-0.2, -0.15) is 0 Å². The molecule has 1 atom stereocenters. The van der Waals surface area contributed by atoms with Crippen molar-refractivity contribution in [2.45, 2.75) is 12.5 Å². The smallest absolute Gasteiger partial charge is 0.126 e. The molecule has 1 aromatic carbocycles. The molecule has 2 aromatic rings. The van der Waals surface area contributed by atoms with Crippen LogP contribution in [0, 0.1) is 0 Å². The lowest BCUT2D eigenvalue weighted by Crippen LogP contribution is -2.11. The quantitative estimate of drug-likeness (QED) is 0.824. The number of furan rings is 1. The van der Waals surface area contributed by atoms with Crippen molar-refractivity contribution in [3.05, 3.63) is 48.4 Å². The molecule has 4 heteroatoms. The van der Waals surface area contributed by atoms with Gasteiger partial charge in [-0.15, -0.1) is 0 Å².